The largest absolute Gasteiger partial charge is 0.573 e. The fourth-order valence-corrected chi connectivity index (χ4v) is 1.12. The van der Waals surface area contributed by atoms with E-state index in [9.17, 15) is 22.8 Å². The minimum absolute atomic E-state index is 0.118. The van der Waals surface area contributed by atoms with Crippen molar-refractivity contribution in [3.63, 3.8) is 0 Å². The number of hydrogen-bond donors (Lipinski definition) is 0. The lowest BCUT2D eigenvalue weighted by molar-refractivity contribution is -0.274. The van der Waals surface area contributed by atoms with Crippen LogP contribution in [0.5, 0.6) is 5.75 Å². The van der Waals surface area contributed by atoms with Crippen LogP contribution in [0, 0.1) is 0 Å². The summed E-state index contributed by atoms with van der Waals surface area (Å²) in [5.74, 6) is -1.51. The third kappa shape index (κ3) is 3.78. The number of ether oxygens (including phenoxy) is 2. The van der Waals surface area contributed by atoms with Crippen molar-refractivity contribution in [1.82, 2.24) is 0 Å². The van der Waals surface area contributed by atoms with Crippen LogP contribution in [0.4, 0.5) is 13.2 Å². The van der Waals surface area contributed by atoms with E-state index in [1.54, 1.807) is 0 Å². The molecule has 92 valence electrons. The number of carbonyl (C=O) groups is 2. The van der Waals surface area contributed by atoms with E-state index in [0.717, 1.165) is 25.3 Å². The zero-order valence-electron chi connectivity index (χ0n) is 8.58. The second-order valence-corrected chi connectivity index (χ2v) is 2.95. The zero-order chi connectivity index (χ0) is 13.1. The van der Waals surface area contributed by atoms with Crippen molar-refractivity contribution in [2.24, 2.45) is 0 Å². The molecule has 0 atom stereocenters. The van der Waals surface area contributed by atoms with Gasteiger partial charge in [0.2, 0.25) is 0 Å². The first-order valence-corrected chi connectivity index (χ1v) is 4.30. The summed E-state index contributed by atoms with van der Waals surface area (Å²) in [7, 11) is 1.07. The molecule has 1 rings (SSSR count). The monoisotopic (exact) mass is 248 g/mol. The Morgan fingerprint density at radius 2 is 1.94 bits per heavy atom. The Morgan fingerprint density at radius 1 is 1.29 bits per heavy atom. The maximum atomic E-state index is 12.0. The van der Waals surface area contributed by atoms with Crippen LogP contribution in [0.3, 0.4) is 0 Å². The molecule has 0 aliphatic carbocycles. The van der Waals surface area contributed by atoms with E-state index in [2.05, 4.69) is 9.47 Å². The highest BCUT2D eigenvalue weighted by atomic mass is 19.4. The summed E-state index contributed by atoms with van der Waals surface area (Å²) in [5.41, 5.74) is -0.316. The number of alkyl halides is 3. The molecule has 0 heterocycles. The first-order chi connectivity index (χ1) is 7.85. The minimum atomic E-state index is -4.89. The van der Waals surface area contributed by atoms with E-state index in [0.29, 0.717) is 6.29 Å². The standard InChI is InChI=1S/C10H7F3O4/c1-16-9(15)7-2-6(5-14)3-8(4-7)17-10(11,12)13/h2-5H,1H3. The van der Waals surface area contributed by atoms with E-state index < -0.39 is 18.1 Å². The second-order valence-electron chi connectivity index (χ2n) is 2.95. The molecule has 1 aromatic rings. The Morgan fingerprint density at radius 3 is 2.41 bits per heavy atom. The van der Waals surface area contributed by atoms with Gasteiger partial charge in [0.1, 0.15) is 12.0 Å². The quantitative estimate of drug-likeness (QED) is 0.607. The van der Waals surface area contributed by atoms with Crippen LogP contribution >= 0.6 is 0 Å². The molecule has 0 aliphatic rings. The highest BCUT2D eigenvalue weighted by Crippen LogP contribution is 2.24. The smallest absolute Gasteiger partial charge is 0.465 e. The SMILES string of the molecule is COC(=O)c1cc(C=O)cc(OC(F)(F)F)c1. The Balaban J connectivity index is 3.14. The summed E-state index contributed by atoms with van der Waals surface area (Å²) in [6.45, 7) is 0. The van der Waals surface area contributed by atoms with E-state index >= 15 is 0 Å². The van der Waals surface area contributed by atoms with Gasteiger partial charge in [0.15, 0.2) is 0 Å². The van der Waals surface area contributed by atoms with Gasteiger partial charge in [-0.1, -0.05) is 0 Å². The predicted molar refractivity (Wildman–Crippen MR) is 49.9 cm³/mol. The zero-order valence-corrected chi connectivity index (χ0v) is 8.58. The molecular formula is C10H7F3O4. The number of benzene rings is 1. The number of hydrogen-bond acceptors (Lipinski definition) is 4. The molecule has 7 heteroatoms. The molecule has 1 aromatic carbocycles. The summed E-state index contributed by atoms with van der Waals surface area (Å²) in [5, 5.41) is 0. The van der Waals surface area contributed by atoms with Gasteiger partial charge in [-0.25, -0.2) is 4.79 Å². The van der Waals surface area contributed by atoms with Gasteiger partial charge in [-0.2, -0.15) is 0 Å². The van der Waals surface area contributed by atoms with Crippen LogP contribution < -0.4 is 4.74 Å². The molecule has 0 saturated carbocycles. The maximum Gasteiger partial charge on any atom is 0.573 e. The number of methoxy groups -OCH3 is 1. The summed E-state index contributed by atoms with van der Waals surface area (Å²) >= 11 is 0. The predicted octanol–water partition coefficient (Wildman–Crippen LogP) is 2.18. The van der Waals surface area contributed by atoms with E-state index in [1.165, 1.54) is 0 Å². The van der Waals surface area contributed by atoms with Gasteiger partial charge in [-0.15, -0.1) is 13.2 Å². The van der Waals surface area contributed by atoms with Crippen molar-refractivity contribution < 1.29 is 32.2 Å². The van der Waals surface area contributed by atoms with Crippen LogP contribution in [0.2, 0.25) is 0 Å². The Bertz CT molecular complexity index is 440. The number of carbonyl (C=O) groups excluding carboxylic acids is 2. The normalized spacial score (nSPS) is 10.8. The lowest BCUT2D eigenvalue weighted by Gasteiger charge is -2.10. The fraction of sp³-hybridized carbons (Fsp3) is 0.200. The molecule has 0 unspecified atom stereocenters. The molecule has 17 heavy (non-hydrogen) atoms. The van der Waals surface area contributed by atoms with Crippen LogP contribution in [0.1, 0.15) is 20.7 Å². The van der Waals surface area contributed by atoms with Gasteiger partial charge < -0.3 is 9.47 Å². The minimum Gasteiger partial charge on any atom is -0.465 e. The molecule has 0 N–H and O–H groups in total. The highest BCUT2D eigenvalue weighted by Gasteiger charge is 2.31. The topological polar surface area (TPSA) is 52.6 Å². The third-order valence-electron chi connectivity index (χ3n) is 1.72. The van der Waals surface area contributed by atoms with Crippen molar-refractivity contribution in [3.8, 4) is 5.75 Å². The Hall–Kier alpha value is -2.05. The first-order valence-electron chi connectivity index (χ1n) is 4.30. The molecule has 0 radical (unpaired) electrons. The van der Waals surface area contributed by atoms with Crippen LogP contribution in [0.15, 0.2) is 18.2 Å². The van der Waals surface area contributed by atoms with Crippen molar-refractivity contribution in [2.75, 3.05) is 7.11 Å². The van der Waals surface area contributed by atoms with Crippen LogP contribution in [-0.2, 0) is 4.74 Å². The summed E-state index contributed by atoms with van der Waals surface area (Å²) in [4.78, 5) is 21.6. The van der Waals surface area contributed by atoms with Crippen molar-refractivity contribution in [1.29, 1.82) is 0 Å². The maximum absolute atomic E-state index is 12.0. The Kier molecular flexibility index (Phi) is 3.72. The van der Waals surface area contributed by atoms with Gasteiger partial charge in [-0.3, -0.25) is 4.79 Å². The molecule has 0 amide bonds. The van der Waals surface area contributed by atoms with Gasteiger partial charge in [0.05, 0.1) is 12.7 Å². The second kappa shape index (κ2) is 4.86. The van der Waals surface area contributed by atoms with Gasteiger partial charge in [0, 0.05) is 5.56 Å². The van der Waals surface area contributed by atoms with E-state index in [1.807, 2.05) is 0 Å². The molecule has 0 bridgehead atoms. The third-order valence-corrected chi connectivity index (χ3v) is 1.72. The summed E-state index contributed by atoms with van der Waals surface area (Å²) < 4.78 is 43.8. The first kappa shape index (κ1) is 13.0. The molecule has 4 nitrogen and oxygen atoms in total. The average molecular weight is 248 g/mol. The van der Waals surface area contributed by atoms with Gasteiger partial charge in [-0.05, 0) is 18.2 Å². The van der Waals surface area contributed by atoms with Crippen molar-refractivity contribution >= 4 is 12.3 Å². The summed E-state index contributed by atoms with van der Waals surface area (Å²) in [6, 6.07) is 2.81. The molecular weight excluding hydrogens is 241 g/mol. The van der Waals surface area contributed by atoms with E-state index in [4.69, 9.17) is 0 Å². The van der Waals surface area contributed by atoms with Crippen molar-refractivity contribution in [2.45, 2.75) is 6.36 Å². The molecule has 0 fully saturated rings. The molecule has 0 spiro atoms. The van der Waals surface area contributed by atoms with Crippen LogP contribution in [0.25, 0.3) is 0 Å². The van der Waals surface area contributed by atoms with Crippen molar-refractivity contribution in [3.05, 3.63) is 29.3 Å². The Labute approximate surface area is 93.9 Å². The molecule has 0 aliphatic heterocycles. The van der Waals surface area contributed by atoms with Gasteiger partial charge in [0.25, 0.3) is 0 Å². The highest BCUT2D eigenvalue weighted by molar-refractivity contribution is 5.92. The number of halogens is 3. The van der Waals surface area contributed by atoms with Gasteiger partial charge >= 0.3 is 12.3 Å². The number of aldehydes is 1. The fourth-order valence-electron chi connectivity index (χ4n) is 1.12. The molecule has 0 saturated heterocycles. The van der Waals surface area contributed by atoms with Crippen LogP contribution in [-0.4, -0.2) is 25.7 Å². The number of rotatable bonds is 3. The summed E-state index contributed by atoms with van der Waals surface area (Å²) in [6.07, 6.45) is -4.59. The lowest BCUT2D eigenvalue weighted by Crippen LogP contribution is -2.17. The molecule has 0 aromatic heterocycles. The lowest BCUT2D eigenvalue weighted by atomic mass is 10.1. The average Bonchev–Trinajstić information content (AvgIpc) is 2.25. The number of esters is 1. The van der Waals surface area contributed by atoms with E-state index in [-0.39, 0.29) is 11.1 Å².